The number of sulfone groups is 1. The highest BCUT2D eigenvalue weighted by molar-refractivity contribution is 7.92. The third kappa shape index (κ3) is 2.75. The van der Waals surface area contributed by atoms with Crippen LogP contribution in [0.3, 0.4) is 0 Å². The summed E-state index contributed by atoms with van der Waals surface area (Å²) >= 11 is 0. The molecule has 1 heterocycles. The van der Waals surface area contributed by atoms with Crippen LogP contribution in [0.5, 0.6) is 0 Å². The van der Waals surface area contributed by atoms with Crippen molar-refractivity contribution in [3.8, 4) is 0 Å². The number of rotatable bonds is 4. The molecule has 0 atom stereocenters. The Labute approximate surface area is 96.8 Å². The largest absolute Gasteiger partial charge is 0.367 e. The van der Waals surface area contributed by atoms with E-state index in [1.54, 1.807) is 18.5 Å². The Balaban J connectivity index is 2.72. The molecule has 1 rings (SSSR count). The molecule has 5 nitrogen and oxygen atoms in total. The molecule has 0 aliphatic heterocycles. The van der Waals surface area contributed by atoms with E-state index in [9.17, 15) is 8.42 Å². The van der Waals surface area contributed by atoms with E-state index >= 15 is 0 Å². The van der Waals surface area contributed by atoms with Gasteiger partial charge in [-0.3, -0.25) is 4.68 Å². The van der Waals surface area contributed by atoms with E-state index in [4.69, 9.17) is 0 Å². The highest BCUT2D eigenvalue weighted by Gasteiger charge is 2.29. The van der Waals surface area contributed by atoms with Crippen molar-refractivity contribution < 1.29 is 8.42 Å². The summed E-state index contributed by atoms with van der Waals surface area (Å²) in [5.41, 5.74) is 1.03. The van der Waals surface area contributed by atoms with Crippen LogP contribution in [0.15, 0.2) is 6.07 Å². The number of aryl methyl sites for hydroxylation is 2. The lowest BCUT2D eigenvalue weighted by Crippen LogP contribution is -2.38. The lowest BCUT2D eigenvalue weighted by molar-refractivity contribution is 0.559. The van der Waals surface area contributed by atoms with Crippen molar-refractivity contribution in [2.45, 2.75) is 25.5 Å². The zero-order valence-electron chi connectivity index (χ0n) is 10.4. The standard InChI is InChI=1S/C10H19N3O2S/c1-8-6-9(12-13(8)4)11-7-10(2,3)16(5,14)15/h6H,7H2,1-5H3,(H,11,12). The predicted octanol–water partition coefficient (Wildman–Crippen LogP) is 0.964. The average Bonchev–Trinajstić information content (AvgIpc) is 2.41. The van der Waals surface area contributed by atoms with Crippen LogP contribution in [-0.2, 0) is 16.9 Å². The minimum absolute atomic E-state index is 0.349. The molecule has 0 unspecified atom stereocenters. The van der Waals surface area contributed by atoms with E-state index in [0.29, 0.717) is 12.4 Å². The van der Waals surface area contributed by atoms with Gasteiger partial charge in [0.25, 0.3) is 0 Å². The van der Waals surface area contributed by atoms with Crippen molar-refractivity contribution in [1.29, 1.82) is 0 Å². The van der Waals surface area contributed by atoms with E-state index in [-0.39, 0.29) is 0 Å². The molecule has 6 heteroatoms. The number of hydrogen-bond donors (Lipinski definition) is 1. The first kappa shape index (κ1) is 13.0. The summed E-state index contributed by atoms with van der Waals surface area (Å²) in [5, 5.41) is 7.25. The smallest absolute Gasteiger partial charge is 0.154 e. The fourth-order valence-corrected chi connectivity index (χ4v) is 1.42. The summed E-state index contributed by atoms with van der Waals surface area (Å²) in [5.74, 6) is 0.705. The Kier molecular flexibility index (Phi) is 3.33. The number of hydrogen-bond acceptors (Lipinski definition) is 4. The molecule has 16 heavy (non-hydrogen) atoms. The second kappa shape index (κ2) is 4.08. The first-order valence-electron chi connectivity index (χ1n) is 5.07. The average molecular weight is 245 g/mol. The van der Waals surface area contributed by atoms with Crippen molar-refractivity contribution in [1.82, 2.24) is 9.78 Å². The maximum atomic E-state index is 11.5. The van der Waals surface area contributed by atoms with Crippen LogP contribution in [0, 0.1) is 6.92 Å². The molecule has 1 aromatic heterocycles. The van der Waals surface area contributed by atoms with Gasteiger partial charge >= 0.3 is 0 Å². The Bertz CT molecular complexity index is 455. The van der Waals surface area contributed by atoms with E-state index in [0.717, 1.165) is 5.69 Å². The summed E-state index contributed by atoms with van der Waals surface area (Å²) in [4.78, 5) is 0. The van der Waals surface area contributed by atoms with Crippen LogP contribution in [0.4, 0.5) is 5.82 Å². The van der Waals surface area contributed by atoms with Crippen molar-refractivity contribution in [3.05, 3.63) is 11.8 Å². The van der Waals surface area contributed by atoms with Gasteiger partial charge in [0.05, 0.1) is 4.75 Å². The molecule has 1 N–H and O–H groups in total. The Hall–Kier alpha value is -1.04. The molecule has 0 aromatic carbocycles. The van der Waals surface area contributed by atoms with Gasteiger partial charge in [0.2, 0.25) is 0 Å². The fraction of sp³-hybridized carbons (Fsp3) is 0.700. The number of nitrogens with zero attached hydrogens (tertiary/aromatic N) is 2. The van der Waals surface area contributed by atoms with E-state index < -0.39 is 14.6 Å². The highest BCUT2D eigenvalue weighted by Crippen LogP contribution is 2.16. The van der Waals surface area contributed by atoms with Crippen LogP contribution >= 0.6 is 0 Å². The van der Waals surface area contributed by atoms with Crippen molar-refractivity contribution in [2.24, 2.45) is 7.05 Å². The van der Waals surface area contributed by atoms with E-state index in [1.165, 1.54) is 6.26 Å². The number of anilines is 1. The van der Waals surface area contributed by atoms with Crippen LogP contribution in [0.2, 0.25) is 0 Å². The normalized spacial score (nSPS) is 12.8. The SMILES string of the molecule is Cc1cc(NCC(C)(C)S(C)(=O)=O)nn1C. The molecule has 0 saturated heterocycles. The number of nitrogens with one attached hydrogen (secondary N) is 1. The minimum atomic E-state index is -3.07. The van der Waals surface area contributed by atoms with Gasteiger partial charge in [-0.05, 0) is 20.8 Å². The molecule has 0 bridgehead atoms. The Morgan fingerprint density at radius 2 is 2.06 bits per heavy atom. The molecule has 92 valence electrons. The maximum absolute atomic E-state index is 11.5. The van der Waals surface area contributed by atoms with Crippen LogP contribution in [0.1, 0.15) is 19.5 Å². The van der Waals surface area contributed by atoms with Crippen LogP contribution in [0.25, 0.3) is 0 Å². The first-order valence-corrected chi connectivity index (χ1v) is 6.97. The van der Waals surface area contributed by atoms with Crippen LogP contribution < -0.4 is 5.32 Å². The first-order chi connectivity index (χ1) is 7.13. The van der Waals surface area contributed by atoms with Crippen molar-refractivity contribution >= 4 is 15.7 Å². The van der Waals surface area contributed by atoms with E-state index in [1.807, 2.05) is 20.0 Å². The zero-order valence-corrected chi connectivity index (χ0v) is 11.2. The summed E-state index contributed by atoms with van der Waals surface area (Å²) < 4.78 is 23.9. The van der Waals surface area contributed by atoms with Gasteiger partial charge in [0, 0.05) is 31.6 Å². The van der Waals surface area contributed by atoms with Gasteiger partial charge in [-0.25, -0.2) is 8.42 Å². The topological polar surface area (TPSA) is 64.0 Å². The summed E-state index contributed by atoms with van der Waals surface area (Å²) in [7, 11) is -1.22. The van der Waals surface area contributed by atoms with Gasteiger partial charge in [0.15, 0.2) is 9.84 Å². The molecule has 0 radical (unpaired) electrons. The molecule has 0 saturated carbocycles. The molecule has 0 aliphatic carbocycles. The Morgan fingerprint density at radius 1 is 1.50 bits per heavy atom. The molecular formula is C10H19N3O2S. The third-order valence-electron chi connectivity index (χ3n) is 2.81. The lowest BCUT2D eigenvalue weighted by Gasteiger charge is -2.22. The fourth-order valence-electron chi connectivity index (χ4n) is 1.08. The van der Waals surface area contributed by atoms with Crippen LogP contribution in [-0.4, -0.2) is 35.7 Å². The van der Waals surface area contributed by atoms with Crippen molar-refractivity contribution in [2.75, 3.05) is 18.1 Å². The van der Waals surface area contributed by atoms with Gasteiger partial charge in [-0.2, -0.15) is 5.10 Å². The van der Waals surface area contributed by atoms with Crippen molar-refractivity contribution in [3.63, 3.8) is 0 Å². The predicted molar refractivity (Wildman–Crippen MR) is 65.4 cm³/mol. The molecule has 0 amide bonds. The molecular weight excluding hydrogens is 226 g/mol. The maximum Gasteiger partial charge on any atom is 0.154 e. The molecule has 0 spiro atoms. The van der Waals surface area contributed by atoms with Gasteiger partial charge in [-0.15, -0.1) is 0 Å². The highest BCUT2D eigenvalue weighted by atomic mass is 32.2. The summed E-state index contributed by atoms with van der Waals surface area (Å²) in [6.07, 6.45) is 1.25. The summed E-state index contributed by atoms with van der Waals surface area (Å²) in [6.45, 7) is 5.69. The zero-order chi connectivity index (χ0) is 12.6. The molecule has 0 fully saturated rings. The van der Waals surface area contributed by atoms with Gasteiger partial charge < -0.3 is 5.32 Å². The Morgan fingerprint density at radius 3 is 2.44 bits per heavy atom. The third-order valence-corrected chi connectivity index (χ3v) is 4.96. The summed E-state index contributed by atoms with van der Waals surface area (Å²) in [6, 6.07) is 1.89. The second-order valence-electron chi connectivity index (χ2n) is 4.68. The quantitative estimate of drug-likeness (QED) is 0.858. The lowest BCUT2D eigenvalue weighted by atomic mass is 10.2. The van der Waals surface area contributed by atoms with E-state index in [2.05, 4.69) is 10.4 Å². The number of aromatic nitrogens is 2. The molecule has 1 aromatic rings. The van der Waals surface area contributed by atoms with Gasteiger partial charge in [0.1, 0.15) is 5.82 Å². The second-order valence-corrected chi connectivity index (χ2v) is 7.33. The minimum Gasteiger partial charge on any atom is -0.367 e. The molecule has 0 aliphatic rings. The monoisotopic (exact) mass is 245 g/mol. The van der Waals surface area contributed by atoms with Gasteiger partial charge in [-0.1, -0.05) is 0 Å².